The zero-order valence-electron chi connectivity index (χ0n) is 19.6. The van der Waals surface area contributed by atoms with Crippen molar-refractivity contribution in [3.8, 4) is 0 Å². The van der Waals surface area contributed by atoms with Crippen molar-refractivity contribution >= 4 is 23.4 Å². The van der Waals surface area contributed by atoms with Gasteiger partial charge >= 0.3 is 0 Å². The number of amides is 3. The van der Waals surface area contributed by atoms with E-state index in [1.807, 2.05) is 69.3 Å². The minimum absolute atomic E-state index is 0.0301. The van der Waals surface area contributed by atoms with E-state index in [1.165, 1.54) is 0 Å². The Kier molecular flexibility index (Phi) is 8.60. The molecule has 2 aromatic carbocycles. The van der Waals surface area contributed by atoms with E-state index in [0.29, 0.717) is 12.1 Å². The quantitative estimate of drug-likeness (QED) is 0.577. The van der Waals surface area contributed by atoms with E-state index in [1.54, 1.807) is 6.07 Å². The predicted molar refractivity (Wildman–Crippen MR) is 130 cm³/mol. The third-order valence-corrected chi connectivity index (χ3v) is 5.98. The van der Waals surface area contributed by atoms with Crippen molar-refractivity contribution in [1.29, 1.82) is 0 Å². The number of benzene rings is 2. The highest BCUT2D eigenvalue weighted by Crippen LogP contribution is 2.14. The molecule has 7 nitrogen and oxygen atoms in total. The second-order valence-electron chi connectivity index (χ2n) is 8.98. The normalized spacial score (nSPS) is 15.6. The topological polar surface area (TPSA) is 90.5 Å². The van der Waals surface area contributed by atoms with Gasteiger partial charge in [0.25, 0.3) is 5.91 Å². The summed E-state index contributed by atoms with van der Waals surface area (Å²) >= 11 is 0. The van der Waals surface area contributed by atoms with Crippen LogP contribution in [0.15, 0.2) is 54.6 Å². The number of nitrogens with one attached hydrogen (secondary N) is 3. The second-order valence-corrected chi connectivity index (χ2v) is 8.98. The summed E-state index contributed by atoms with van der Waals surface area (Å²) in [5.74, 6) is -0.476. The molecule has 0 aromatic heterocycles. The van der Waals surface area contributed by atoms with Gasteiger partial charge in [0.05, 0.1) is 6.54 Å². The molecule has 1 heterocycles. The molecule has 1 unspecified atom stereocenters. The van der Waals surface area contributed by atoms with Crippen molar-refractivity contribution < 1.29 is 14.4 Å². The molecule has 1 saturated heterocycles. The number of anilines is 1. The van der Waals surface area contributed by atoms with Crippen molar-refractivity contribution in [1.82, 2.24) is 15.5 Å². The van der Waals surface area contributed by atoms with E-state index in [-0.39, 0.29) is 29.7 Å². The lowest BCUT2D eigenvalue weighted by Crippen LogP contribution is -2.54. The van der Waals surface area contributed by atoms with Gasteiger partial charge in [-0.15, -0.1) is 0 Å². The van der Waals surface area contributed by atoms with Gasteiger partial charge in [-0.25, -0.2) is 0 Å². The molecule has 0 radical (unpaired) electrons. The minimum Gasteiger partial charge on any atom is -0.351 e. The molecule has 2 aromatic rings. The molecule has 3 rings (SSSR count). The fraction of sp³-hybridized carbons (Fsp3) is 0.423. The number of para-hydroxylation sites is 1. The molecule has 7 heteroatoms. The number of likely N-dealkylation sites (tertiary alicyclic amines) is 1. The molecule has 1 aliphatic heterocycles. The summed E-state index contributed by atoms with van der Waals surface area (Å²) in [4.78, 5) is 40.1. The highest BCUT2D eigenvalue weighted by molar-refractivity contribution is 5.98. The molecule has 3 N–H and O–H groups in total. The van der Waals surface area contributed by atoms with Crippen LogP contribution in [0.4, 0.5) is 5.69 Å². The van der Waals surface area contributed by atoms with Crippen LogP contribution < -0.4 is 16.0 Å². The van der Waals surface area contributed by atoms with Crippen LogP contribution in [0.2, 0.25) is 0 Å². The largest absolute Gasteiger partial charge is 0.351 e. The van der Waals surface area contributed by atoms with Crippen LogP contribution in [0.3, 0.4) is 0 Å². The molecule has 176 valence electrons. The average molecular weight is 451 g/mol. The maximum atomic E-state index is 13.0. The zero-order valence-corrected chi connectivity index (χ0v) is 19.6. The number of carbonyl (C=O) groups excluding carboxylic acids is 3. The lowest BCUT2D eigenvalue weighted by atomic mass is 9.99. The van der Waals surface area contributed by atoms with Gasteiger partial charge in [-0.3, -0.25) is 19.3 Å². The van der Waals surface area contributed by atoms with E-state index in [9.17, 15) is 14.4 Å². The summed E-state index contributed by atoms with van der Waals surface area (Å²) in [6.07, 6.45) is 1.53. The number of carbonyl (C=O) groups is 3. The van der Waals surface area contributed by atoms with Crippen molar-refractivity contribution in [2.45, 2.75) is 45.7 Å². The zero-order chi connectivity index (χ0) is 23.8. The number of hydrogen-bond acceptors (Lipinski definition) is 4. The third kappa shape index (κ3) is 7.15. The Bertz CT molecular complexity index is 953. The molecule has 0 saturated carbocycles. The molecule has 1 fully saturated rings. The predicted octanol–water partition coefficient (Wildman–Crippen LogP) is 2.97. The summed E-state index contributed by atoms with van der Waals surface area (Å²) in [6, 6.07) is 16.2. The summed E-state index contributed by atoms with van der Waals surface area (Å²) in [5.41, 5.74) is 2.25. The van der Waals surface area contributed by atoms with Crippen LogP contribution in [0, 0.1) is 12.8 Å². The lowest BCUT2D eigenvalue weighted by molar-refractivity contribution is -0.125. The van der Waals surface area contributed by atoms with Gasteiger partial charge in [0.2, 0.25) is 11.8 Å². The summed E-state index contributed by atoms with van der Waals surface area (Å²) < 4.78 is 0. The van der Waals surface area contributed by atoms with Gasteiger partial charge in [-0.2, -0.15) is 0 Å². The van der Waals surface area contributed by atoms with Gasteiger partial charge in [0.15, 0.2) is 0 Å². The van der Waals surface area contributed by atoms with Crippen LogP contribution in [0.25, 0.3) is 0 Å². The Morgan fingerprint density at radius 3 is 2.24 bits per heavy atom. The number of nitrogens with zero attached hydrogens (tertiary/aromatic N) is 1. The second kappa shape index (κ2) is 11.6. The van der Waals surface area contributed by atoms with Crippen LogP contribution in [-0.4, -0.2) is 54.3 Å². The van der Waals surface area contributed by atoms with E-state index in [0.717, 1.165) is 37.2 Å². The Balaban J connectivity index is 1.47. The third-order valence-electron chi connectivity index (χ3n) is 5.98. The Morgan fingerprint density at radius 2 is 1.61 bits per heavy atom. The Labute approximate surface area is 195 Å². The molecule has 1 atom stereocenters. The number of rotatable bonds is 8. The Hall–Kier alpha value is -3.19. The first-order valence-electron chi connectivity index (χ1n) is 11.6. The molecule has 33 heavy (non-hydrogen) atoms. The maximum Gasteiger partial charge on any atom is 0.252 e. The van der Waals surface area contributed by atoms with Crippen LogP contribution >= 0.6 is 0 Å². The molecule has 0 spiro atoms. The summed E-state index contributed by atoms with van der Waals surface area (Å²) in [7, 11) is 0. The fourth-order valence-electron chi connectivity index (χ4n) is 4.03. The molecule has 0 bridgehead atoms. The summed E-state index contributed by atoms with van der Waals surface area (Å²) in [5, 5.41) is 8.92. The first-order valence-corrected chi connectivity index (χ1v) is 11.6. The van der Waals surface area contributed by atoms with Crippen LogP contribution in [0.5, 0.6) is 0 Å². The van der Waals surface area contributed by atoms with Gasteiger partial charge in [0, 0.05) is 30.4 Å². The average Bonchev–Trinajstić information content (AvgIpc) is 2.79. The molecule has 0 aliphatic carbocycles. The first kappa shape index (κ1) is 24.5. The van der Waals surface area contributed by atoms with Gasteiger partial charge in [0.1, 0.15) is 6.04 Å². The smallest absolute Gasteiger partial charge is 0.252 e. The fourth-order valence-corrected chi connectivity index (χ4v) is 4.03. The van der Waals surface area contributed by atoms with Gasteiger partial charge in [-0.05, 0) is 49.4 Å². The van der Waals surface area contributed by atoms with E-state index < -0.39 is 6.04 Å². The van der Waals surface area contributed by atoms with Crippen molar-refractivity contribution in [2.75, 3.05) is 25.0 Å². The number of aryl methyl sites for hydroxylation is 1. The standard InChI is InChI=1S/C26H34N4O3/c1-18(2)24(29-25(32)22-12-8-7-9-19(22)3)26(33)28-21-13-15-30(16-14-21)17-23(31)27-20-10-5-4-6-11-20/h4-12,18,21,24H,13-17H2,1-3H3,(H,27,31)(H,28,33)(H,29,32). The molecule has 1 aliphatic rings. The highest BCUT2D eigenvalue weighted by Gasteiger charge is 2.28. The lowest BCUT2D eigenvalue weighted by Gasteiger charge is -2.33. The van der Waals surface area contributed by atoms with Crippen LogP contribution in [-0.2, 0) is 9.59 Å². The van der Waals surface area contributed by atoms with E-state index >= 15 is 0 Å². The summed E-state index contributed by atoms with van der Waals surface area (Å²) in [6.45, 7) is 7.53. The number of piperidine rings is 1. The molecule has 3 amide bonds. The van der Waals surface area contributed by atoms with Crippen LogP contribution in [0.1, 0.15) is 42.6 Å². The van der Waals surface area contributed by atoms with Crippen molar-refractivity contribution in [2.24, 2.45) is 5.92 Å². The van der Waals surface area contributed by atoms with Gasteiger partial charge in [-0.1, -0.05) is 50.2 Å². The maximum absolute atomic E-state index is 13.0. The monoisotopic (exact) mass is 450 g/mol. The first-order chi connectivity index (χ1) is 15.8. The van der Waals surface area contributed by atoms with Gasteiger partial charge < -0.3 is 16.0 Å². The van der Waals surface area contributed by atoms with E-state index in [4.69, 9.17) is 0 Å². The molecular weight excluding hydrogens is 416 g/mol. The SMILES string of the molecule is Cc1ccccc1C(=O)NC(C(=O)NC1CCN(CC(=O)Nc2ccccc2)CC1)C(C)C. The minimum atomic E-state index is -0.605. The van der Waals surface area contributed by atoms with Crippen molar-refractivity contribution in [3.05, 3.63) is 65.7 Å². The van der Waals surface area contributed by atoms with E-state index in [2.05, 4.69) is 20.9 Å². The molecular formula is C26H34N4O3. The number of hydrogen-bond donors (Lipinski definition) is 3. The van der Waals surface area contributed by atoms with Crippen molar-refractivity contribution in [3.63, 3.8) is 0 Å². The highest BCUT2D eigenvalue weighted by atomic mass is 16.2. The Morgan fingerprint density at radius 1 is 0.970 bits per heavy atom.